The number of aryl methyl sites for hydroxylation is 1. The number of nitrogens with one attached hydrogen (secondary N) is 2. The van der Waals surface area contributed by atoms with Crippen LogP contribution in [-0.2, 0) is 11.8 Å². The number of oxazole rings is 1. The van der Waals surface area contributed by atoms with E-state index in [1.807, 2.05) is 13.2 Å². The average molecular weight is 329 g/mol. The van der Waals surface area contributed by atoms with Gasteiger partial charge in [0.2, 0.25) is 5.91 Å². The summed E-state index contributed by atoms with van der Waals surface area (Å²) >= 11 is 0. The number of aromatic nitrogens is 3. The molecule has 2 N–H and O–H groups in total. The summed E-state index contributed by atoms with van der Waals surface area (Å²) in [5, 5.41) is 10.4. The third-order valence-corrected chi connectivity index (χ3v) is 4.14. The van der Waals surface area contributed by atoms with E-state index in [1.165, 1.54) is 12.1 Å². The van der Waals surface area contributed by atoms with Crippen molar-refractivity contribution in [3.05, 3.63) is 42.0 Å². The normalized spacial score (nSPS) is 21.0. The van der Waals surface area contributed by atoms with E-state index in [4.69, 9.17) is 4.42 Å². The van der Waals surface area contributed by atoms with Gasteiger partial charge in [0.25, 0.3) is 6.01 Å². The van der Waals surface area contributed by atoms with Gasteiger partial charge >= 0.3 is 0 Å². The third-order valence-electron chi connectivity index (χ3n) is 4.14. The van der Waals surface area contributed by atoms with E-state index in [1.54, 1.807) is 16.9 Å². The Morgan fingerprint density at radius 3 is 3.12 bits per heavy atom. The second kappa shape index (κ2) is 5.63. The number of fused-ring (bicyclic) bond motifs is 1. The Morgan fingerprint density at radius 2 is 2.33 bits per heavy atom. The van der Waals surface area contributed by atoms with Crippen LogP contribution in [0.15, 0.2) is 35.0 Å². The first kappa shape index (κ1) is 14.7. The predicted molar refractivity (Wildman–Crippen MR) is 84.7 cm³/mol. The fraction of sp³-hybridized carbons (Fsp3) is 0.312. The number of nitrogens with zero attached hydrogens (tertiary/aromatic N) is 3. The maximum atomic E-state index is 13.3. The van der Waals surface area contributed by atoms with Crippen LogP contribution in [0.1, 0.15) is 24.4 Å². The fourth-order valence-corrected chi connectivity index (χ4v) is 2.99. The Hall–Kier alpha value is -2.90. The van der Waals surface area contributed by atoms with Crippen molar-refractivity contribution in [3.8, 4) is 0 Å². The molecule has 124 valence electrons. The molecule has 24 heavy (non-hydrogen) atoms. The summed E-state index contributed by atoms with van der Waals surface area (Å²) in [7, 11) is 1.83. The van der Waals surface area contributed by atoms with Crippen LogP contribution in [0.3, 0.4) is 0 Å². The summed E-state index contributed by atoms with van der Waals surface area (Å²) in [6.07, 6.45) is 4.65. The van der Waals surface area contributed by atoms with Crippen LogP contribution in [0, 0.1) is 5.82 Å². The number of hydrogen-bond donors (Lipinski definition) is 2. The summed E-state index contributed by atoms with van der Waals surface area (Å²) in [4.78, 5) is 16.1. The molecule has 2 aromatic heterocycles. The van der Waals surface area contributed by atoms with E-state index in [-0.39, 0.29) is 23.8 Å². The predicted octanol–water partition coefficient (Wildman–Crippen LogP) is 2.13. The Morgan fingerprint density at radius 1 is 1.46 bits per heavy atom. The molecule has 1 aliphatic heterocycles. The number of benzene rings is 1. The molecule has 1 aromatic carbocycles. The zero-order chi connectivity index (χ0) is 16.7. The van der Waals surface area contributed by atoms with Crippen LogP contribution in [0.2, 0.25) is 0 Å². The van der Waals surface area contributed by atoms with Crippen LogP contribution in [-0.4, -0.2) is 26.7 Å². The van der Waals surface area contributed by atoms with Gasteiger partial charge < -0.3 is 15.1 Å². The van der Waals surface area contributed by atoms with E-state index in [0.717, 1.165) is 5.56 Å². The number of carbonyl (C=O) groups is 1. The lowest BCUT2D eigenvalue weighted by molar-refractivity contribution is -0.123. The highest BCUT2D eigenvalue weighted by Gasteiger charge is 2.31. The zero-order valence-electron chi connectivity index (χ0n) is 13.0. The van der Waals surface area contributed by atoms with Crippen molar-refractivity contribution in [2.75, 3.05) is 5.32 Å². The molecule has 4 rings (SSSR count). The largest absolute Gasteiger partial charge is 0.424 e. The Balaban J connectivity index is 1.61. The van der Waals surface area contributed by atoms with Crippen molar-refractivity contribution in [2.24, 2.45) is 7.05 Å². The van der Waals surface area contributed by atoms with Gasteiger partial charge in [0.1, 0.15) is 11.3 Å². The highest BCUT2D eigenvalue weighted by molar-refractivity contribution is 5.78. The highest BCUT2D eigenvalue weighted by Crippen LogP contribution is 2.28. The van der Waals surface area contributed by atoms with Gasteiger partial charge in [-0.05, 0) is 18.6 Å². The third kappa shape index (κ3) is 2.70. The van der Waals surface area contributed by atoms with Crippen LogP contribution in [0.4, 0.5) is 10.4 Å². The van der Waals surface area contributed by atoms with Crippen molar-refractivity contribution in [1.29, 1.82) is 0 Å². The van der Waals surface area contributed by atoms with Gasteiger partial charge in [-0.25, -0.2) is 4.39 Å². The quantitative estimate of drug-likeness (QED) is 0.769. The molecule has 0 unspecified atom stereocenters. The minimum Gasteiger partial charge on any atom is -0.424 e. The van der Waals surface area contributed by atoms with E-state index >= 15 is 0 Å². The Labute approximate surface area is 136 Å². The molecule has 0 spiro atoms. The minimum atomic E-state index is -0.361. The molecular weight excluding hydrogens is 313 g/mol. The molecule has 1 aliphatic rings. The molecule has 0 aliphatic carbocycles. The number of rotatable bonds is 3. The molecule has 8 heteroatoms. The molecule has 7 nitrogen and oxygen atoms in total. The summed E-state index contributed by atoms with van der Waals surface area (Å²) < 4.78 is 20.6. The van der Waals surface area contributed by atoms with Crippen LogP contribution >= 0.6 is 0 Å². The number of anilines is 1. The molecule has 1 fully saturated rings. The van der Waals surface area contributed by atoms with Crippen LogP contribution in [0.5, 0.6) is 0 Å². The number of halogens is 1. The number of hydrogen-bond acceptors (Lipinski definition) is 5. The van der Waals surface area contributed by atoms with Crippen LogP contribution < -0.4 is 10.6 Å². The molecule has 0 radical (unpaired) electrons. The van der Waals surface area contributed by atoms with Crippen LogP contribution in [0.25, 0.3) is 11.1 Å². The summed E-state index contributed by atoms with van der Waals surface area (Å²) in [6, 6.07) is 4.19. The number of piperidine rings is 1. The Bertz CT molecular complexity index is 903. The summed E-state index contributed by atoms with van der Waals surface area (Å²) in [5.41, 5.74) is 1.87. The van der Waals surface area contributed by atoms with Gasteiger partial charge in [-0.2, -0.15) is 10.1 Å². The first-order valence-corrected chi connectivity index (χ1v) is 7.69. The lowest BCUT2D eigenvalue weighted by Gasteiger charge is -2.31. The molecule has 1 saturated heterocycles. The summed E-state index contributed by atoms with van der Waals surface area (Å²) in [6.45, 7) is 0. The zero-order valence-corrected chi connectivity index (χ0v) is 13.0. The summed E-state index contributed by atoms with van der Waals surface area (Å²) in [5.74, 6) is -0.359. The maximum absolute atomic E-state index is 13.3. The first-order chi connectivity index (χ1) is 11.6. The van der Waals surface area contributed by atoms with E-state index in [9.17, 15) is 9.18 Å². The molecule has 3 aromatic rings. The van der Waals surface area contributed by atoms with E-state index < -0.39 is 0 Å². The molecule has 0 bridgehead atoms. The Kier molecular flexibility index (Phi) is 3.44. The van der Waals surface area contributed by atoms with Crippen molar-refractivity contribution >= 4 is 23.0 Å². The number of carbonyl (C=O) groups excluding carboxylic acids is 1. The monoisotopic (exact) mass is 329 g/mol. The molecule has 2 atom stereocenters. The standard InChI is InChI=1S/C16H16FN5O2/c1-22-8-9(7-18-22)15-11(3-5-14(23)21-15)19-16-20-12-6-10(17)2-4-13(12)24-16/h2,4,6-8,11,15H,3,5H2,1H3,(H,19,20)(H,21,23)/t11-,15+/m1/s1. The van der Waals surface area contributed by atoms with Gasteiger partial charge in [-0.1, -0.05) is 0 Å². The van der Waals surface area contributed by atoms with Crippen molar-refractivity contribution in [2.45, 2.75) is 24.9 Å². The molecule has 1 amide bonds. The van der Waals surface area contributed by atoms with Crippen molar-refractivity contribution < 1.29 is 13.6 Å². The fourth-order valence-electron chi connectivity index (χ4n) is 2.99. The second-order valence-corrected chi connectivity index (χ2v) is 5.91. The SMILES string of the molecule is Cn1cc([C@@H]2NC(=O)CC[C@H]2Nc2nc3cc(F)ccc3o2)cn1. The van der Waals surface area contributed by atoms with E-state index in [0.29, 0.717) is 30.0 Å². The minimum absolute atomic E-state index is 0.00143. The molecule has 3 heterocycles. The maximum Gasteiger partial charge on any atom is 0.295 e. The van der Waals surface area contributed by atoms with Gasteiger partial charge in [-0.15, -0.1) is 0 Å². The van der Waals surface area contributed by atoms with Gasteiger partial charge in [0, 0.05) is 31.3 Å². The van der Waals surface area contributed by atoms with Gasteiger partial charge in [0.15, 0.2) is 5.58 Å². The van der Waals surface area contributed by atoms with Crippen molar-refractivity contribution in [3.63, 3.8) is 0 Å². The lowest BCUT2D eigenvalue weighted by Crippen LogP contribution is -2.45. The first-order valence-electron chi connectivity index (χ1n) is 7.69. The lowest BCUT2D eigenvalue weighted by atomic mass is 9.94. The topological polar surface area (TPSA) is 85.0 Å². The van der Waals surface area contributed by atoms with Gasteiger partial charge in [0.05, 0.1) is 18.3 Å². The smallest absolute Gasteiger partial charge is 0.295 e. The second-order valence-electron chi connectivity index (χ2n) is 5.91. The highest BCUT2D eigenvalue weighted by atomic mass is 19.1. The van der Waals surface area contributed by atoms with E-state index in [2.05, 4.69) is 20.7 Å². The molecule has 0 saturated carbocycles. The average Bonchev–Trinajstić information content (AvgIpc) is 3.14. The van der Waals surface area contributed by atoms with Crippen molar-refractivity contribution in [1.82, 2.24) is 20.1 Å². The molecular formula is C16H16FN5O2. The van der Waals surface area contributed by atoms with Gasteiger partial charge in [-0.3, -0.25) is 9.48 Å². The number of amides is 1.